The molecule has 0 aliphatic rings. The van der Waals surface area contributed by atoms with Gasteiger partial charge in [-0.15, -0.1) is 0 Å². The molecule has 2 aromatic rings. The Labute approximate surface area is 124 Å². The average molecular weight is 285 g/mol. The molecule has 0 aromatic heterocycles. The molecule has 2 rings (SSSR count). The summed E-state index contributed by atoms with van der Waals surface area (Å²) in [5.41, 5.74) is 9.83. The lowest BCUT2D eigenvalue weighted by Crippen LogP contribution is -1.99. The van der Waals surface area contributed by atoms with E-state index in [0.29, 0.717) is 22.2 Å². The summed E-state index contributed by atoms with van der Waals surface area (Å²) in [6, 6.07) is 13.7. The second-order valence-electron chi connectivity index (χ2n) is 5.29. The largest absolute Gasteiger partial charge is 0.399 e. The summed E-state index contributed by atoms with van der Waals surface area (Å²) in [6.45, 7) is 4.26. The van der Waals surface area contributed by atoms with Crippen molar-refractivity contribution >= 4 is 17.3 Å². The number of nitriles is 1. The van der Waals surface area contributed by atoms with Gasteiger partial charge in [0.25, 0.3) is 0 Å². The minimum absolute atomic E-state index is 0.487. The molecule has 2 aromatic carbocycles. The van der Waals surface area contributed by atoms with Gasteiger partial charge in [0.05, 0.1) is 10.6 Å². The van der Waals surface area contributed by atoms with E-state index in [1.165, 1.54) is 0 Å². The van der Waals surface area contributed by atoms with Gasteiger partial charge in [0.2, 0.25) is 0 Å². The summed E-state index contributed by atoms with van der Waals surface area (Å²) < 4.78 is 0. The molecular formula is C17H17ClN2. The van der Waals surface area contributed by atoms with Crippen LogP contribution in [0, 0.1) is 17.2 Å². The van der Waals surface area contributed by atoms with Crippen molar-refractivity contribution in [1.82, 2.24) is 0 Å². The number of halogens is 1. The monoisotopic (exact) mass is 284 g/mol. The minimum Gasteiger partial charge on any atom is -0.399 e. The van der Waals surface area contributed by atoms with Gasteiger partial charge in [-0.25, -0.2) is 0 Å². The Morgan fingerprint density at radius 1 is 1.15 bits per heavy atom. The maximum Gasteiger partial charge on any atom is 0.101 e. The van der Waals surface area contributed by atoms with Gasteiger partial charge in [0, 0.05) is 11.3 Å². The molecule has 2 nitrogen and oxygen atoms in total. The first kappa shape index (κ1) is 14.4. The fourth-order valence-electron chi connectivity index (χ4n) is 2.23. The Hall–Kier alpha value is -1.98. The smallest absolute Gasteiger partial charge is 0.101 e. The van der Waals surface area contributed by atoms with Crippen LogP contribution in [0.4, 0.5) is 5.69 Å². The Morgan fingerprint density at radius 3 is 2.35 bits per heavy atom. The van der Waals surface area contributed by atoms with E-state index in [0.717, 1.165) is 23.1 Å². The number of benzene rings is 2. The molecule has 3 heteroatoms. The molecule has 20 heavy (non-hydrogen) atoms. The third-order valence-corrected chi connectivity index (χ3v) is 3.58. The number of nitrogens with zero attached hydrogens (tertiary/aromatic N) is 1. The zero-order chi connectivity index (χ0) is 14.7. The number of nitrogens with two attached hydrogens (primary N) is 1. The van der Waals surface area contributed by atoms with Gasteiger partial charge in [-0.2, -0.15) is 5.26 Å². The van der Waals surface area contributed by atoms with Gasteiger partial charge in [-0.1, -0.05) is 49.7 Å². The van der Waals surface area contributed by atoms with Crippen LogP contribution in [0.25, 0.3) is 11.1 Å². The molecule has 0 unspecified atom stereocenters. The molecule has 2 N–H and O–H groups in total. The molecular weight excluding hydrogens is 268 g/mol. The van der Waals surface area contributed by atoms with Crippen LogP contribution in [-0.2, 0) is 6.42 Å². The van der Waals surface area contributed by atoms with Crippen molar-refractivity contribution in [3.63, 3.8) is 0 Å². The van der Waals surface area contributed by atoms with E-state index < -0.39 is 0 Å². The van der Waals surface area contributed by atoms with Crippen molar-refractivity contribution in [2.75, 3.05) is 5.73 Å². The van der Waals surface area contributed by atoms with Crippen LogP contribution < -0.4 is 5.73 Å². The molecule has 0 radical (unpaired) electrons. The van der Waals surface area contributed by atoms with Crippen molar-refractivity contribution in [2.45, 2.75) is 20.3 Å². The van der Waals surface area contributed by atoms with E-state index in [-0.39, 0.29) is 0 Å². The van der Waals surface area contributed by atoms with Crippen LogP contribution in [0.5, 0.6) is 0 Å². The van der Waals surface area contributed by atoms with E-state index in [4.69, 9.17) is 17.3 Å². The molecule has 0 saturated carbocycles. The SMILES string of the molecule is CC(C)Cc1ccc(-c2ccc(N)cc2)c(Cl)c1C#N. The quantitative estimate of drug-likeness (QED) is 0.833. The highest BCUT2D eigenvalue weighted by Crippen LogP contribution is 2.33. The van der Waals surface area contributed by atoms with E-state index in [1.807, 2.05) is 36.4 Å². The zero-order valence-corrected chi connectivity index (χ0v) is 12.4. The van der Waals surface area contributed by atoms with Gasteiger partial charge >= 0.3 is 0 Å². The Morgan fingerprint density at radius 2 is 1.80 bits per heavy atom. The summed E-state index contributed by atoms with van der Waals surface area (Å²) in [4.78, 5) is 0. The maximum atomic E-state index is 9.37. The molecule has 0 saturated heterocycles. The Balaban J connectivity index is 2.52. The van der Waals surface area contributed by atoms with Gasteiger partial charge < -0.3 is 5.73 Å². The lowest BCUT2D eigenvalue weighted by Gasteiger charge is -2.12. The van der Waals surface area contributed by atoms with Crippen molar-refractivity contribution in [3.8, 4) is 17.2 Å². The zero-order valence-electron chi connectivity index (χ0n) is 11.7. The first-order valence-corrected chi connectivity index (χ1v) is 6.98. The van der Waals surface area contributed by atoms with Crippen LogP contribution >= 0.6 is 11.6 Å². The molecule has 0 atom stereocenters. The molecule has 0 bridgehead atoms. The average Bonchev–Trinajstić information content (AvgIpc) is 2.40. The molecule has 0 aliphatic heterocycles. The lowest BCUT2D eigenvalue weighted by atomic mass is 9.94. The Bertz CT molecular complexity index is 652. The first-order chi connectivity index (χ1) is 9.52. The summed E-state index contributed by atoms with van der Waals surface area (Å²) in [5, 5.41) is 9.90. The third-order valence-electron chi connectivity index (χ3n) is 3.19. The standard InChI is InChI=1S/C17H17ClN2/c1-11(2)9-13-5-8-15(17(18)16(13)10-19)12-3-6-14(20)7-4-12/h3-8,11H,9,20H2,1-2H3. The molecule has 102 valence electrons. The highest BCUT2D eigenvalue weighted by Gasteiger charge is 2.13. The molecule has 0 amide bonds. The van der Waals surface area contributed by atoms with Gasteiger partial charge in [0.1, 0.15) is 6.07 Å². The maximum absolute atomic E-state index is 9.37. The van der Waals surface area contributed by atoms with Gasteiger partial charge in [-0.05, 0) is 35.6 Å². The summed E-state index contributed by atoms with van der Waals surface area (Å²) in [6.07, 6.45) is 0.852. The molecule has 0 aliphatic carbocycles. The minimum atomic E-state index is 0.487. The normalized spacial score (nSPS) is 10.6. The second kappa shape index (κ2) is 5.98. The van der Waals surface area contributed by atoms with E-state index >= 15 is 0 Å². The third kappa shape index (κ3) is 2.95. The predicted molar refractivity (Wildman–Crippen MR) is 84.6 cm³/mol. The molecule has 0 fully saturated rings. The van der Waals surface area contributed by atoms with Crippen molar-refractivity contribution in [2.24, 2.45) is 5.92 Å². The van der Waals surface area contributed by atoms with Crippen molar-refractivity contribution in [3.05, 3.63) is 52.5 Å². The van der Waals surface area contributed by atoms with E-state index in [1.54, 1.807) is 0 Å². The lowest BCUT2D eigenvalue weighted by molar-refractivity contribution is 0.646. The highest BCUT2D eigenvalue weighted by atomic mass is 35.5. The van der Waals surface area contributed by atoms with E-state index in [2.05, 4.69) is 19.9 Å². The fraction of sp³-hybridized carbons (Fsp3) is 0.235. The molecule has 0 heterocycles. The summed E-state index contributed by atoms with van der Waals surface area (Å²) in [7, 11) is 0. The number of hydrogen-bond acceptors (Lipinski definition) is 2. The topological polar surface area (TPSA) is 49.8 Å². The van der Waals surface area contributed by atoms with Crippen LogP contribution in [0.3, 0.4) is 0 Å². The van der Waals surface area contributed by atoms with Crippen molar-refractivity contribution < 1.29 is 0 Å². The highest BCUT2D eigenvalue weighted by molar-refractivity contribution is 6.34. The number of rotatable bonds is 3. The van der Waals surface area contributed by atoms with Crippen molar-refractivity contribution in [1.29, 1.82) is 5.26 Å². The van der Waals surface area contributed by atoms with Gasteiger partial charge in [0.15, 0.2) is 0 Å². The van der Waals surface area contributed by atoms with E-state index in [9.17, 15) is 5.26 Å². The van der Waals surface area contributed by atoms with Gasteiger partial charge in [-0.3, -0.25) is 0 Å². The van der Waals surface area contributed by atoms with Crippen LogP contribution in [0.2, 0.25) is 5.02 Å². The second-order valence-corrected chi connectivity index (χ2v) is 5.67. The molecule has 0 spiro atoms. The first-order valence-electron chi connectivity index (χ1n) is 6.60. The fourth-order valence-corrected chi connectivity index (χ4v) is 2.57. The van der Waals surface area contributed by atoms with Crippen LogP contribution in [0.1, 0.15) is 25.0 Å². The Kier molecular flexibility index (Phi) is 4.32. The summed E-state index contributed by atoms with van der Waals surface area (Å²) >= 11 is 6.42. The number of nitrogen functional groups attached to an aromatic ring is 1. The van der Waals surface area contributed by atoms with Crippen LogP contribution in [0.15, 0.2) is 36.4 Å². The summed E-state index contributed by atoms with van der Waals surface area (Å²) in [5.74, 6) is 0.487. The number of anilines is 1. The predicted octanol–water partition coefficient (Wildman–Crippen LogP) is 4.66. The number of hydrogen-bond donors (Lipinski definition) is 1. The van der Waals surface area contributed by atoms with Crippen LogP contribution in [-0.4, -0.2) is 0 Å².